The largest absolute Gasteiger partial charge is 0.405 e. The lowest BCUT2D eigenvalue weighted by Gasteiger charge is -2.11. The third-order valence-corrected chi connectivity index (χ3v) is 2.06. The van der Waals surface area contributed by atoms with Crippen molar-refractivity contribution in [3.63, 3.8) is 0 Å². The molecule has 78 valence electrons. The molecule has 0 aliphatic heterocycles. The second-order valence-corrected chi connectivity index (χ2v) is 3.38. The number of nitrogens with one attached hydrogen (secondary N) is 1. The van der Waals surface area contributed by atoms with Crippen LogP contribution in [0.5, 0.6) is 0 Å². The zero-order chi connectivity index (χ0) is 10.8. The minimum atomic E-state index is -4.29. The van der Waals surface area contributed by atoms with Gasteiger partial charge in [-0.1, -0.05) is 29.3 Å². The van der Waals surface area contributed by atoms with Crippen LogP contribution >= 0.6 is 23.2 Å². The molecule has 1 nitrogen and oxygen atoms in total. The van der Waals surface area contributed by atoms with Gasteiger partial charge < -0.3 is 5.32 Å². The average molecular weight is 244 g/mol. The highest BCUT2D eigenvalue weighted by Gasteiger charge is 2.27. The molecule has 1 N–H and O–H groups in total. The molecule has 0 saturated carbocycles. The summed E-state index contributed by atoms with van der Waals surface area (Å²) in [6.07, 6.45) is -4.29. The van der Waals surface area contributed by atoms with Gasteiger partial charge in [0.2, 0.25) is 0 Å². The molecular formula is C8H6Cl2F3N. The van der Waals surface area contributed by atoms with Crippen molar-refractivity contribution in [2.24, 2.45) is 0 Å². The van der Waals surface area contributed by atoms with E-state index in [-0.39, 0.29) is 15.7 Å². The molecule has 0 aromatic heterocycles. The van der Waals surface area contributed by atoms with Gasteiger partial charge in [0.05, 0.1) is 15.7 Å². The first kappa shape index (κ1) is 11.5. The van der Waals surface area contributed by atoms with Crippen molar-refractivity contribution in [1.82, 2.24) is 0 Å². The first-order valence-corrected chi connectivity index (χ1v) is 4.40. The van der Waals surface area contributed by atoms with Crippen molar-refractivity contribution in [1.29, 1.82) is 0 Å². The summed E-state index contributed by atoms with van der Waals surface area (Å²) in [5.41, 5.74) is 0.105. The van der Waals surface area contributed by atoms with E-state index in [1.165, 1.54) is 12.1 Å². The summed E-state index contributed by atoms with van der Waals surface area (Å²) < 4.78 is 35.6. The van der Waals surface area contributed by atoms with Gasteiger partial charge in [0.25, 0.3) is 0 Å². The Labute approximate surface area is 88.8 Å². The predicted octanol–water partition coefficient (Wildman–Crippen LogP) is 3.97. The van der Waals surface area contributed by atoms with Gasteiger partial charge in [-0.05, 0) is 12.1 Å². The lowest BCUT2D eigenvalue weighted by atomic mass is 10.3. The van der Waals surface area contributed by atoms with Crippen LogP contribution in [0.1, 0.15) is 0 Å². The molecule has 0 aliphatic carbocycles. The number of rotatable bonds is 2. The van der Waals surface area contributed by atoms with Crippen LogP contribution in [0.2, 0.25) is 10.0 Å². The first-order valence-electron chi connectivity index (χ1n) is 3.65. The van der Waals surface area contributed by atoms with E-state index in [2.05, 4.69) is 5.32 Å². The van der Waals surface area contributed by atoms with Crippen molar-refractivity contribution in [2.45, 2.75) is 6.18 Å². The van der Waals surface area contributed by atoms with Gasteiger partial charge in [-0.25, -0.2) is 0 Å². The Bertz CT molecular complexity index is 305. The number of hydrogen-bond acceptors (Lipinski definition) is 1. The van der Waals surface area contributed by atoms with E-state index in [1.807, 2.05) is 0 Å². The molecule has 0 spiro atoms. The highest BCUT2D eigenvalue weighted by atomic mass is 35.5. The molecule has 0 aliphatic rings. The van der Waals surface area contributed by atoms with Crippen LogP contribution in [0.25, 0.3) is 0 Å². The number of para-hydroxylation sites is 1. The van der Waals surface area contributed by atoms with Crippen LogP contribution in [0.15, 0.2) is 18.2 Å². The molecular weight excluding hydrogens is 238 g/mol. The van der Waals surface area contributed by atoms with Crippen LogP contribution in [-0.4, -0.2) is 12.7 Å². The van der Waals surface area contributed by atoms with Crippen molar-refractivity contribution in [2.75, 3.05) is 11.9 Å². The van der Waals surface area contributed by atoms with Crippen molar-refractivity contribution in [3.05, 3.63) is 28.2 Å². The molecule has 0 bridgehead atoms. The summed E-state index contributed by atoms with van der Waals surface area (Å²) in [5.74, 6) is 0. The summed E-state index contributed by atoms with van der Waals surface area (Å²) in [5, 5.41) is 2.47. The molecule has 0 unspecified atom stereocenters. The van der Waals surface area contributed by atoms with Crippen LogP contribution in [-0.2, 0) is 0 Å². The van der Waals surface area contributed by atoms with Gasteiger partial charge in [0.15, 0.2) is 0 Å². The maximum atomic E-state index is 11.9. The Morgan fingerprint density at radius 1 is 1.14 bits per heavy atom. The number of hydrogen-bond donors (Lipinski definition) is 1. The van der Waals surface area contributed by atoms with E-state index in [0.29, 0.717) is 0 Å². The van der Waals surface area contributed by atoms with E-state index >= 15 is 0 Å². The standard InChI is InChI=1S/C8H6Cl2F3N/c9-5-2-1-3-6(10)7(5)14-4-8(11,12)13/h1-3,14H,4H2. The highest BCUT2D eigenvalue weighted by Crippen LogP contribution is 2.30. The van der Waals surface area contributed by atoms with Gasteiger partial charge in [-0.15, -0.1) is 0 Å². The number of anilines is 1. The maximum absolute atomic E-state index is 11.9. The van der Waals surface area contributed by atoms with E-state index in [4.69, 9.17) is 23.2 Å². The first-order chi connectivity index (χ1) is 6.40. The minimum Gasteiger partial charge on any atom is -0.374 e. The zero-order valence-electron chi connectivity index (χ0n) is 6.83. The second-order valence-electron chi connectivity index (χ2n) is 2.57. The van der Waals surface area contributed by atoms with E-state index < -0.39 is 12.7 Å². The normalized spacial score (nSPS) is 11.5. The van der Waals surface area contributed by atoms with Crippen LogP contribution in [0.3, 0.4) is 0 Å². The molecule has 0 atom stereocenters. The van der Waals surface area contributed by atoms with E-state index in [9.17, 15) is 13.2 Å². The molecule has 6 heteroatoms. The monoisotopic (exact) mass is 243 g/mol. The lowest BCUT2D eigenvalue weighted by molar-refractivity contribution is -0.115. The summed E-state index contributed by atoms with van der Waals surface area (Å²) in [6.45, 7) is -1.16. The minimum absolute atomic E-state index is 0.105. The highest BCUT2D eigenvalue weighted by molar-refractivity contribution is 6.39. The quantitative estimate of drug-likeness (QED) is 0.829. The predicted molar refractivity (Wildman–Crippen MR) is 51.0 cm³/mol. The van der Waals surface area contributed by atoms with Gasteiger partial charge in [0, 0.05) is 0 Å². The Morgan fingerprint density at radius 3 is 2.07 bits per heavy atom. The summed E-state index contributed by atoms with van der Waals surface area (Å²) in [7, 11) is 0. The van der Waals surface area contributed by atoms with Crippen molar-refractivity contribution in [3.8, 4) is 0 Å². The van der Waals surface area contributed by atoms with E-state index in [1.54, 1.807) is 6.07 Å². The smallest absolute Gasteiger partial charge is 0.374 e. The van der Waals surface area contributed by atoms with E-state index in [0.717, 1.165) is 0 Å². The van der Waals surface area contributed by atoms with Crippen LogP contribution in [0.4, 0.5) is 18.9 Å². The zero-order valence-corrected chi connectivity index (χ0v) is 8.34. The second kappa shape index (κ2) is 4.28. The molecule has 1 aromatic rings. The fourth-order valence-electron chi connectivity index (χ4n) is 0.855. The molecule has 1 aromatic carbocycles. The Kier molecular flexibility index (Phi) is 3.50. The van der Waals surface area contributed by atoms with Crippen LogP contribution < -0.4 is 5.32 Å². The molecule has 0 radical (unpaired) electrons. The number of alkyl halides is 3. The van der Waals surface area contributed by atoms with Crippen molar-refractivity contribution < 1.29 is 13.2 Å². The molecule has 0 saturated heterocycles. The fourth-order valence-corrected chi connectivity index (χ4v) is 1.39. The topological polar surface area (TPSA) is 12.0 Å². The molecule has 14 heavy (non-hydrogen) atoms. The maximum Gasteiger partial charge on any atom is 0.405 e. The molecule has 1 rings (SSSR count). The average Bonchev–Trinajstić information content (AvgIpc) is 2.01. The Morgan fingerprint density at radius 2 is 1.64 bits per heavy atom. The Hall–Kier alpha value is -0.610. The summed E-state index contributed by atoms with van der Waals surface area (Å²) >= 11 is 11.3. The molecule has 0 fully saturated rings. The summed E-state index contributed by atoms with van der Waals surface area (Å²) in [6, 6.07) is 4.49. The van der Waals surface area contributed by atoms with Gasteiger partial charge in [0.1, 0.15) is 6.54 Å². The SMILES string of the molecule is FC(F)(F)CNc1c(Cl)cccc1Cl. The third-order valence-electron chi connectivity index (χ3n) is 1.43. The summed E-state index contributed by atoms with van der Waals surface area (Å²) in [4.78, 5) is 0. The molecule has 0 amide bonds. The van der Waals surface area contributed by atoms with Gasteiger partial charge in [-0.2, -0.15) is 13.2 Å². The van der Waals surface area contributed by atoms with Gasteiger partial charge >= 0.3 is 6.18 Å². The fraction of sp³-hybridized carbons (Fsp3) is 0.250. The van der Waals surface area contributed by atoms with Crippen LogP contribution in [0, 0.1) is 0 Å². The number of benzene rings is 1. The molecule has 0 heterocycles. The van der Waals surface area contributed by atoms with Gasteiger partial charge in [-0.3, -0.25) is 0 Å². The number of halogens is 5. The lowest BCUT2D eigenvalue weighted by Crippen LogP contribution is -2.21. The Balaban J connectivity index is 2.77. The third kappa shape index (κ3) is 3.27. The van der Waals surface area contributed by atoms with Crippen molar-refractivity contribution >= 4 is 28.9 Å².